The first-order chi connectivity index (χ1) is 17.5. The maximum absolute atomic E-state index is 13.6. The van der Waals surface area contributed by atoms with Gasteiger partial charge in [-0.3, -0.25) is 4.79 Å². The number of benzene rings is 1. The Hall–Kier alpha value is -3.26. The first-order valence-electron chi connectivity index (χ1n) is 12.6. The summed E-state index contributed by atoms with van der Waals surface area (Å²) in [4.78, 5) is 31.1. The molecule has 0 radical (unpaired) electrons. The number of urea groups is 1. The minimum Gasteiger partial charge on any atom is -0.491 e. The molecule has 0 fully saturated rings. The Morgan fingerprint density at radius 3 is 2.72 bits per heavy atom. The second-order valence-corrected chi connectivity index (χ2v) is 10.4. The smallest absolute Gasteiger partial charge is 0.318 e. The average molecular weight is 510 g/mol. The third kappa shape index (κ3) is 6.29. The molecule has 0 saturated heterocycles. The number of carbonyl (C=O) groups is 2. The molecule has 7 nitrogen and oxygen atoms in total. The molecule has 0 spiro atoms. The molecule has 3 aromatic rings. The third-order valence-electron chi connectivity index (χ3n) is 6.44. The standard InChI is InChI=1S/C28H35N3O4S/c1-4-13-29-28(33)30(17-23-6-5-15-34-23)18-27(32)31-14-11-26-24(12-16-36-26)25(31)19-35-22-9-7-21(8-10-22)20(2)3/h5-10,12,15-16,20,25H,4,11,13-14,17-19H2,1-3H3,(H,29,33)/t25-/m1/s1. The summed E-state index contributed by atoms with van der Waals surface area (Å²) in [6.45, 7) is 8.03. The van der Waals surface area contributed by atoms with Gasteiger partial charge in [-0.25, -0.2) is 4.79 Å². The lowest BCUT2D eigenvalue weighted by Gasteiger charge is -2.37. The quantitative estimate of drug-likeness (QED) is 0.387. The molecule has 1 aliphatic rings. The van der Waals surface area contributed by atoms with Crippen LogP contribution in [0, 0.1) is 0 Å². The zero-order chi connectivity index (χ0) is 25.5. The van der Waals surface area contributed by atoms with Crippen LogP contribution in [0.5, 0.6) is 5.75 Å². The molecular weight excluding hydrogens is 474 g/mol. The van der Waals surface area contributed by atoms with Crippen LogP contribution in [-0.4, -0.2) is 48.0 Å². The number of nitrogens with one attached hydrogen (secondary N) is 1. The summed E-state index contributed by atoms with van der Waals surface area (Å²) in [5.74, 6) is 1.77. The number of thiophene rings is 1. The predicted molar refractivity (Wildman–Crippen MR) is 141 cm³/mol. The third-order valence-corrected chi connectivity index (χ3v) is 7.43. The van der Waals surface area contributed by atoms with Gasteiger partial charge in [0.25, 0.3) is 0 Å². The van der Waals surface area contributed by atoms with E-state index in [1.54, 1.807) is 23.7 Å². The maximum Gasteiger partial charge on any atom is 0.318 e. The van der Waals surface area contributed by atoms with Gasteiger partial charge in [0.05, 0.1) is 18.8 Å². The van der Waals surface area contributed by atoms with Gasteiger partial charge < -0.3 is 24.3 Å². The van der Waals surface area contributed by atoms with Crippen molar-refractivity contribution >= 4 is 23.3 Å². The molecule has 0 unspecified atom stereocenters. The molecule has 3 amide bonds. The summed E-state index contributed by atoms with van der Waals surface area (Å²) >= 11 is 1.72. The van der Waals surface area contributed by atoms with Gasteiger partial charge in [-0.2, -0.15) is 0 Å². The van der Waals surface area contributed by atoms with Crippen molar-refractivity contribution in [1.82, 2.24) is 15.1 Å². The monoisotopic (exact) mass is 509 g/mol. The van der Waals surface area contributed by atoms with E-state index >= 15 is 0 Å². The Balaban J connectivity index is 1.49. The second-order valence-electron chi connectivity index (χ2n) is 9.35. The van der Waals surface area contributed by atoms with Crippen LogP contribution in [0.2, 0.25) is 0 Å². The van der Waals surface area contributed by atoms with E-state index in [1.807, 2.05) is 30.0 Å². The predicted octanol–water partition coefficient (Wildman–Crippen LogP) is 5.59. The molecule has 36 heavy (non-hydrogen) atoms. The normalized spacial score (nSPS) is 15.0. The molecule has 1 N–H and O–H groups in total. The van der Waals surface area contributed by atoms with Crippen molar-refractivity contribution in [3.05, 3.63) is 75.9 Å². The van der Waals surface area contributed by atoms with Crippen LogP contribution >= 0.6 is 11.3 Å². The van der Waals surface area contributed by atoms with E-state index in [2.05, 4.69) is 42.7 Å². The first kappa shape index (κ1) is 25.8. The molecular formula is C28H35N3O4S. The van der Waals surface area contributed by atoms with Crippen molar-refractivity contribution in [1.29, 1.82) is 0 Å². The minimum absolute atomic E-state index is 0.0324. The number of furan rings is 1. The van der Waals surface area contributed by atoms with E-state index < -0.39 is 0 Å². The van der Waals surface area contributed by atoms with Gasteiger partial charge in [-0.15, -0.1) is 11.3 Å². The van der Waals surface area contributed by atoms with Gasteiger partial charge in [-0.1, -0.05) is 32.9 Å². The van der Waals surface area contributed by atoms with Crippen molar-refractivity contribution in [3.63, 3.8) is 0 Å². The molecule has 8 heteroatoms. The minimum atomic E-state index is -0.270. The van der Waals surface area contributed by atoms with Crippen molar-refractivity contribution in [2.75, 3.05) is 26.2 Å². The Bertz CT molecular complexity index is 1120. The zero-order valence-electron chi connectivity index (χ0n) is 21.2. The van der Waals surface area contributed by atoms with Crippen molar-refractivity contribution < 1.29 is 18.7 Å². The fourth-order valence-electron chi connectivity index (χ4n) is 4.39. The van der Waals surface area contributed by atoms with Crippen LogP contribution in [0.15, 0.2) is 58.5 Å². The lowest BCUT2D eigenvalue weighted by molar-refractivity contribution is -0.135. The molecule has 192 valence electrons. The summed E-state index contributed by atoms with van der Waals surface area (Å²) in [6.07, 6.45) is 3.19. The van der Waals surface area contributed by atoms with Crippen molar-refractivity contribution in [2.45, 2.75) is 52.1 Å². The van der Waals surface area contributed by atoms with Gasteiger partial charge >= 0.3 is 6.03 Å². The highest BCUT2D eigenvalue weighted by molar-refractivity contribution is 7.10. The summed E-state index contributed by atoms with van der Waals surface area (Å²) in [5.41, 5.74) is 2.39. The number of nitrogens with zero attached hydrogens (tertiary/aromatic N) is 2. The van der Waals surface area contributed by atoms with E-state index in [1.165, 1.54) is 15.3 Å². The molecule has 3 heterocycles. The SMILES string of the molecule is CCCNC(=O)N(CC(=O)N1CCc2sccc2[C@H]1COc1ccc(C(C)C)cc1)Cc1ccco1. The van der Waals surface area contributed by atoms with Crippen LogP contribution in [0.1, 0.15) is 60.9 Å². The van der Waals surface area contributed by atoms with Crippen molar-refractivity contribution in [2.24, 2.45) is 0 Å². The highest BCUT2D eigenvalue weighted by atomic mass is 32.1. The van der Waals surface area contributed by atoms with Gasteiger partial charge in [0.15, 0.2) is 0 Å². The molecule has 4 rings (SSSR count). The van der Waals surface area contributed by atoms with Gasteiger partial charge in [-0.05, 0) is 65.6 Å². The lowest BCUT2D eigenvalue weighted by atomic mass is 10.00. The van der Waals surface area contributed by atoms with Gasteiger partial charge in [0.2, 0.25) is 5.91 Å². The number of ether oxygens (including phenoxy) is 1. The van der Waals surface area contributed by atoms with E-state index in [4.69, 9.17) is 9.15 Å². The number of hydrogen-bond acceptors (Lipinski definition) is 5. The molecule has 0 saturated carbocycles. The Labute approximate surface area is 217 Å². The van der Waals surface area contributed by atoms with Crippen LogP contribution in [-0.2, 0) is 17.8 Å². The van der Waals surface area contributed by atoms with E-state index in [0.717, 1.165) is 24.2 Å². The average Bonchev–Trinajstić information content (AvgIpc) is 3.57. The summed E-state index contributed by atoms with van der Waals surface area (Å²) in [6, 6.07) is 13.3. The largest absolute Gasteiger partial charge is 0.491 e. The molecule has 2 aromatic heterocycles. The highest BCUT2D eigenvalue weighted by Gasteiger charge is 2.33. The maximum atomic E-state index is 13.6. The van der Waals surface area contributed by atoms with Crippen LogP contribution in [0.25, 0.3) is 0 Å². The van der Waals surface area contributed by atoms with Crippen molar-refractivity contribution in [3.8, 4) is 5.75 Å². The fourth-order valence-corrected chi connectivity index (χ4v) is 5.31. The van der Waals surface area contributed by atoms with Crippen LogP contribution < -0.4 is 10.1 Å². The Kier molecular flexibility index (Phi) is 8.70. The molecule has 0 bridgehead atoms. The second kappa shape index (κ2) is 12.1. The summed E-state index contributed by atoms with van der Waals surface area (Å²) < 4.78 is 11.6. The van der Waals surface area contributed by atoms with Gasteiger partial charge in [0, 0.05) is 18.0 Å². The van der Waals surface area contributed by atoms with Crippen LogP contribution in [0.3, 0.4) is 0 Å². The number of rotatable bonds is 10. The van der Waals surface area contributed by atoms with Crippen LogP contribution in [0.4, 0.5) is 4.79 Å². The molecule has 1 atom stereocenters. The first-order valence-corrected chi connectivity index (χ1v) is 13.5. The number of carbonyl (C=O) groups excluding carboxylic acids is 2. The topological polar surface area (TPSA) is 75.0 Å². The Morgan fingerprint density at radius 2 is 2.03 bits per heavy atom. The lowest BCUT2D eigenvalue weighted by Crippen LogP contribution is -2.49. The zero-order valence-corrected chi connectivity index (χ0v) is 22.1. The van der Waals surface area contributed by atoms with E-state index in [-0.39, 0.29) is 31.1 Å². The van der Waals surface area contributed by atoms with E-state index in [0.29, 0.717) is 31.4 Å². The summed E-state index contributed by atoms with van der Waals surface area (Å²) in [5, 5.41) is 4.96. The molecule has 1 aliphatic heterocycles. The fraction of sp³-hybridized carbons (Fsp3) is 0.429. The number of fused-ring (bicyclic) bond motifs is 1. The molecule has 0 aliphatic carbocycles. The summed E-state index contributed by atoms with van der Waals surface area (Å²) in [7, 11) is 0. The molecule has 1 aromatic carbocycles. The number of amides is 3. The Morgan fingerprint density at radius 1 is 1.22 bits per heavy atom. The highest BCUT2D eigenvalue weighted by Crippen LogP contribution is 2.34. The number of hydrogen-bond donors (Lipinski definition) is 1. The van der Waals surface area contributed by atoms with E-state index in [9.17, 15) is 9.59 Å². The van der Waals surface area contributed by atoms with Gasteiger partial charge in [0.1, 0.15) is 24.7 Å².